The van der Waals surface area contributed by atoms with Crippen LogP contribution in [0.5, 0.6) is 0 Å². The monoisotopic (exact) mass is 446 g/mol. The van der Waals surface area contributed by atoms with E-state index in [4.69, 9.17) is 4.74 Å². The maximum absolute atomic E-state index is 11.9. The van der Waals surface area contributed by atoms with Crippen molar-refractivity contribution >= 4 is 39.4 Å². The van der Waals surface area contributed by atoms with Gasteiger partial charge in [0.2, 0.25) is 5.91 Å². The first-order valence-electron chi connectivity index (χ1n) is 8.88. The minimum atomic E-state index is -0.590. The van der Waals surface area contributed by atoms with Crippen LogP contribution in [0.1, 0.15) is 29.5 Å². The van der Waals surface area contributed by atoms with Gasteiger partial charge in [-0.1, -0.05) is 46.3 Å². The van der Waals surface area contributed by atoms with E-state index in [1.54, 1.807) is 0 Å². The van der Waals surface area contributed by atoms with Gasteiger partial charge in [-0.2, -0.15) is 0 Å². The molecule has 6 nitrogen and oxygen atoms in total. The van der Waals surface area contributed by atoms with E-state index in [-0.39, 0.29) is 18.7 Å². The van der Waals surface area contributed by atoms with Crippen LogP contribution in [0.2, 0.25) is 0 Å². The van der Waals surface area contributed by atoms with Crippen molar-refractivity contribution in [1.82, 2.24) is 5.32 Å². The molecule has 2 aromatic carbocycles. The predicted octanol–water partition coefficient (Wildman–Crippen LogP) is 3.64. The molecule has 0 bridgehead atoms. The second-order valence-corrected chi connectivity index (χ2v) is 7.19. The van der Waals surface area contributed by atoms with Crippen molar-refractivity contribution in [1.29, 1.82) is 0 Å². The van der Waals surface area contributed by atoms with Gasteiger partial charge in [-0.3, -0.25) is 14.4 Å². The van der Waals surface area contributed by atoms with Crippen LogP contribution in [0.25, 0.3) is 0 Å². The summed E-state index contributed by atoms with van der Waals surface area (Å²) < 4.78 is 5.92. The standard InChI is InChI=1S/C21H23BrN2O4/c1-14-10-17(11-15(2)21(14)22)24-19(26)13-28-20(27)9-8-18(25)23-12-16-6-4-3-5-7-16/h3-7,10-11H,8-9,12-13H2,1-2H3,(H,23,25)(H,24,26). The molecule has 0 aliphatic rings. The Bertz CT molecular complexity index is 830. The van der Waals surface area contributed by atoms with Crippen molar-refractivity contribution in [2.45, 2.75) is 33.2 Å². The molecule has 0 unspecified atom stereocenters. The lowest BCUT2D eigenvalue weighted by molar-refractivity contribution is -0.148. The number of amides is 2. The third kappa shape index (κ3) is 7.15. The Morgan fingerprint density at radius 1 is 0.964 bits per heavy atom. The Balaban J connectivity index is 1.67. The molecule has 0 radical (unpaired) electrons. The Morgan fingerprint density at radius 2 is 1.61 bits per heavy atom. The molecule has 0 spiro atoms. The van der Waals surface area contributed by atoms with Crippen molar-refractivity contribution in [2.75, 3.05) is 11.9 Å². The molecule has 0 heterocycles. The van der Waals surface area contributed by atoms with Gasteiger partial charge in [0.25, 0.3) is 5.91 Å². The highest BCUT2D eigenvalue weighted by atomic mass is 79.9. The summed E-state index contributed by atoms with van der Waals surface area (Å²) in [6.45, 7) is 3.87. The third-order valence-corrected chi connectivity index (χ3v) is 5.22. The number of benzene rings is 2. The lowest BCUT2D eigenvalue weighted by Crippen LogP contribution is -2.25. The summed E-state index contributed by atoms with van der Waals surface area (Å²) in [5, 5.41) is 5.43. The van der Waals surface area contributed by atoms with Gasteiger partial charge < -0.3 is 15.4 Å². The van der Waals surface area contributed by atoms with Crippen molar-refractivity contribution in [3.8, 4) is 0 Å². The van der Waals surface area contributed by atoms with E-state index in [0.717, 1.165) is 21.2 Å². The largest absolute Gasteiger partial charge is 0.456 e. The molecule has 0 saturated carbocycles. The van der Waals surface area contributed by atoms with Crippen molar-refractivity contribution in [3.05, 3.63) is 63.6 Å². The molecule has 2 N–H and O–H groups in total. The highest BCUT2D eigenvalue weighted by Gasteiger charge is 2.11. The number of rotatable bonds is 8. The van der Waals surface area contributed by atoms with Crippen molar-refractivity contribution in [2.24, 2.45) is 0 Å². The normalized spacial score (nSPS) is 10.2. The smallest absolute Gasteiger partial charge is 0.306 e. The molecule has 148 valence electrons. The van der Waals surface area contributed by atoms with E-state index in [2.05, 4.69) is 26.6 Å². The summed E-state index contributed by atoms with van der Waals surface area (Å²) in [5.41, 5.74) is 3.61. The van der Waals surface area contributed by atoms with Crippen molar-refractivity contribution in [3.63, 3.8) is 0 Å². The molecular weight excluding hydrogens is 424 g/mol. The van der Waals surface area contributed by atoms with E-state index in [1.807, 2.05) is 56.3 Å². The first-order chi connectivity index (χ1) is 13.3. The number of aryl methyl sites for hydroxylation is 2. The van der Waals surface area contributed by atoms with Gasteiger partial charge in [0.15, 0.2) is 6.61 Å². The van der Waals surface area contributed by atoms with Gasteiger partial charge in [0, 0.05) is 23.1 Å². The number of nitrogens with one attached hydrogen (secondary N) is 2. The van der Waals surface area contributed by atoms with Crippen LogP contribution in [-0.4, -0.2) is 24.4 Å². The third-order valence-electron chi connectivity index (χ3n) is 3.97. The molecule has 0 aliphatic heterocycles. The fourth-order valence-corrected chi connectivity index (χ4v) is 2.76. The average Bonchev–Trinajstić information content (AvgIpc) is 2.68. The molecule has 0 fully saturated rings. The Hall–Kier alpha value is -2.67. The maximum Gasteiger partial charge on any atom is 0.306 e. The number of carbonyl (C=O) groups is 3. The van der Waals surface area contributed by atoms with Gasteiger partial charge in [-0.15, -0.1) is 0 Å². The quantitative estimate of drug-likeness (QED) is 0.606. The van der Waals surface area contributed by atoms with Crippen LogP contribution in [0.4, 0.5) is 5.69 Å². The molecule has 0 saturated heterocycles. The Morgan fingerprint density at radius 3 is 2.25 bits per heavy atom. The summed E-state index contributed by atoms with van der Waals surface area (Å²) in [7, 11) is 0. The minimum Gasteiger partial charge on any atom is -0.456 e. The van der Waals surface area contributed by atoms with Gasteiger partial charge >= 0.3 is 5.97 Å². The average molecular weight is 447 g/mol. The molecule has 28 heavy (non-hydrogen) atoms. The van der Waals surface area contributed by atoms with E-state index in [0.29, 0.717) is 12.2 Å². The maximum atomic E-state index is 11.9. The summed E-state index contributed by atoms with van der Waals surface area (Å²) in [6, 6.07) is 13.1. The zero-order valence-corrected chi connectivity index (χ0v) is 17.5. The van der Waals surface area contributed by atoms with E-state index in [9.17, 15) is 14.4 Å². The SMILES string of the molecule is Cc1cc(NC(=O)COC(=O)CCC(=O)NCc2ccccc2)cc(C)c1Br. The number of anilines is 1. The summed E-state index contributed by atoms with van der Waals surface area (Å²) in [4.78, 5) is 35.5. The number of hydrogen-bond donors (Lipinski definition) is 2. The van der Waals surface area contributed by atoms with Crippen LogP contribution >= 0.6 is 15.9 Å². The fourth-order valence-electron chi connectivity index (χ4n) is 2.53. The van der Waals surface area contributed by atoms with Crippen LogP contribution in [0, 0.1) is 13.8 Å². The second kappa shape index (κ2) is 10.6. The highest BCUT2D eigenvalue weighted by Crippen LogP contribution is 2.24. The van der Waals surface area contributed by atoms with Crippen LogP contribution < -0.4 is 10.6 Å². The predicted molar refractivity (Wildman–Crippen MR) is 111 cm³/mol. The zero-order chi connectivity index (χ0) is 20.5. The van der Waals surface area contributed by atoms with Gasteiger partial charge in [0.05, 0.1) is 6.42 Å². The molecule has 2 rings (SSSR count). The minimum absolute atomic E-state index is 0.0123. The Labute approximate surface area is 172 Å². The molecule has 0 aliphatic carbocycles. The lowest BCUT2D eigenvalue weighted by atomic mass is 10.1. The molecule has 7 heteroatoms. The molecule has 2 amide bonds. The van der Waals surface area contributed by atoms with Gasteiger partial charge in [-0.05, 0) is 42.7 Å². The Kier molecular flexibility index (Phi) is 8.19. The zero-order valence-electron chi connectivity index (χ0n) is 15.9. The van der Waals surface area contributed by atoms with Crippen LogP contribution in [0.3, 0.4) is 0 Å². The first kappa shape index (κ1) is 21.6. The fraction of sp³-hybridized carbons (Fsp3) is 0.286. The number of hydrogen-bond acceptors (Lipinski definition) is 4. The molecule has 2 aromatic rings. The highest BCUT2D eigenvalue weighted by molar-refractivity contribution is 9.10. The van der Waals surface area contributed by atoms with E-state index < -0.39 is 18.5 Å². The lowest BCUT2D eigenvalue weighted by Gasteiger charge is -2.10. The number of carbonyl (C=O) groups excluding carboxylic acids is 3. The second-order valence-electron chi connectivity index (χ2n) is 6.40. The van der Waals surface area contributed by atoms with E-state index in [1.165, 1.54) is 0 Å². The number of halogens is 1. The number of esters is 1. The van der Waals surface area contributed by atoms with Crippen LogP contribution in [0.15, 0.2) is 46.9 Å². The summed E-state index contributed by atoms with van der Waals surface area (Å²) >= 11 is 3.47. The molecular formula is C21H23BrN2O4. The number of ether oxygens (including phenoxy) is 1. The summed E-state index contributed by atoms with van der Waals surface area (Å²) in [5.74, 6) is -1.26. The molecule has 0 atom stereocenters. The topological polar surface area (TPSA) is 84.5 Å². The van der Waals surface area contributed by atoms with Gasteiger partial charge in [0.1, 0.15) is 0 Å². The van der Waals surface area contributed by atoms with Gasteiger partial charge in [-0.25, -0.2) is 0 Å². The van der Waals surface area contributed by atoms with Crippen LogP contribution in [-0.2, 0) is 25.7 Å². The van der Waals surface area contributed by atoms with E-state index >= 15 is 0 Å². The first-order valence-corrected chi connectivity index (χ1v) is 9.67. The summed E-state index contributed by atoms with van der Waals surface area (Å²) in [6.07, 6.45) is -0.0667. The van der Waals surface area contributed by atoms with Crippen molar-refractivity contribution < 1.29 is 19.1 Å². The molecule has 0 aromatic heterocycles.